The quantitative estimate of drug-likeness (QED) is 0.177. The molecule has 1 spiro atoms. The van der Waals surface area contributed by atoms with Crippen molar-refractivity contribution in [2.75, 3.05) is 24.6 Å². The van der Waals surface area contributed by atoms with E-state index in [1.165, 1.54) is 0 Å². The van der Waals surface area contributed by atoms with E-state index in [0.29, 0.717) is 19.5 Å². The third kappa shape index (κ3) is 5.73. The van der Waals surface area contributed by atoms with E-state index in [2.05, 4.69) is 29.1 Å². The highest BCUT2D eigenvalue weighted by Crippen LogP contribution is 2.69. The number of fused-ring (bicyclic) bond motifs is 1. The molecule has 0 saturated carbocycles. The summed E-state index contributed by atoms with van der Waals surface area (Å²) in [6.45, 7) is 12.4. The Balaban J connectivity index is 1.49. The van der Waals surface area contributed by atoms with Gasteiger partial charge >= 0.3 is 0 Å². The Morgan fingerprint density at radius 2 is 1.60 bits per heavy atom. The molecule has 9 heteroatoms. The minimum absolute atomic E-state index is 0.0876. The number of benzene rings is 3. The first-order valence-corrected chi connectivity index (χ1v) is 18.2. The summed E-state index contributed by atoms with van der Waals surface area (Å²) in [6, 6.07) is 23.4. The van der Waals surface area contributed by atoms with Gasteiger partial charge in [0.2, 0.25) is 11.8 Å². The lowest BCUT2D eigenvalue weighted by atomic mass is 9.70. The average molecular weight is 729 g/mol. The Bertz CT molecular complexity index is 1680. The highest BCUT2D eigenvalue weighted by molar-refractivity contribution is 9.09. The molecule has 0 radical (unpaired) electrons. The van der Waals surface area contributed by atoms with Crippen LogP contribution in [0.2, 0.25) is 0 Å². The van der Waals surface area contributed by atoms with Gasteiger partial charge in [-0.25, -0.2) is 0 Å². The average Bonchev–Trinajstić information content (AvgIpc) is 3.68. The molecular formula is C39H42BrN3O4S. The molecule has 250 valence electrons. The molecule has 0 aromatic heterocycles. The van der Waals surface area contributed by atoms with E-state index in [9.17, 15) is 9.90 Å². The van der Waals surface area contributed by atoms with Gasteiger partial charge < -0.3 is 19.8 Å². The summed E-state index contributed by atoms with van der Waals surface area (Å²) in [6.07, 6.45) is 3.96. The van der Waals surface area contributed by atoms with Crippen molar-refractivity contribution in [1.29, 1.82) is 0 Å². The molecule has 3 amide bonds. The number of carbonyl (C=O) groups is 3. The van der Waals surface area contributed by atoms with Crippen molar-refractivity contribution in [3.63, 3.8) is 0 Å². The van der Waals surface area contributed by atoms with Crippen molar-refractivity contribution in [1.82, 2.24) is 9.80 Å². The monoisotopic (exact) mass is 727 g/mol. The Hall–Kier alpha value is -3.66. The topological polar surface area (TPSA) is 81.2 Å². The predicted octanol–water partition coefficient (Wildman–Crippen LogP) is 6.24. The van der Waals surface area contributed by atoms with E-state index in [0.717, 1.165) is 27.9 Å². The zero-order valence-electron chi connectivity index (χ0n) is 27.4. The van der Waals surface area contributed by atoms with Gasteiger partial charge in [0.05, 0.1) is 29.2 Å². The van der Waals surface area contributed by atoms with Crippen LogP contribution in [-0.4, -0.2) is 73.2 Å². The molecule has 3 saturated heterocycles. The molecule has 3 aliphatic rings. The zero-order chi connectivity index (χ0) is 34.2. The summed E-state index contributed by atoms with van der Waals surface area (Å²) in [4.78, 5) is 50.1. The van der Waals surface area contributed by atoms with Crippen LogP contribution in [0, 0.1) is 25.7 Å². The Morgan fingerprint density at radius 1 is 0.979 bits per heavy atom. The number of rotatable bonds is 12. The highest BCUT2D eigenvalue weighted by Gasteiger charge is 2.76. The standard InChI is InChI=1S/C39H42BrN3O4S/c1-5-20-41(23-27-16-9-7-10-17-27)36(45)31-32-37(46)43(30(24-44)28-18-11-8-12-19-28)35(39(32)22-29(40)34(31)48-39)38(47)42(21-6-2)33-25(3)14-13-15-26(33)4/h5-19,29-32,34-35,44H,1-2,20-24H2,3-4H3/t29?,30-,31-,32+,34-,35?,39?/m1/s1. The molecule has 3 unspecified atom stereocenters. The van der Waals surface area contributed by atoms with Gasteiger partial charge in [-0.1, -0.05) is 107 Å². The number of nitrogens with zero attached hydrogens (tertiary/aromatic N) is 3. The molecule has 7 nitrogen and oxygen atoms in total. The maximum Gasteiger partial charge on any atom is 0.251 e. The molecule has 7 atom stereocenters. The van der Waals surface area contributed by atoms with E-state index in [4.69, 9.17) is 0 Å². The van der Waals surface area contributed by atoms with Crippen LogP contribution in [0.25, 0.3) is 0 Å². The van der Waals surface area contributed by atoms with Crippen LogP contribution in [0.5, 0.6) is 0 Å². The number of likely N-dealkylation sites (tertiary alicyclic amines) is 1. The first-order chi connectivity index (χ1) is 23.2. The van der Waals surface area contributed by atoms with Crippen molar-refractivity contribution < 1.29 is 19.5 Å². The second kappa shape index (κ2) is 14.1. The molecule has 3 fully saturated rings. The number of hydrogen-bond acceptors (Lipinski definition) is 5. The molecular weight excluding hydrogens is 686 g/mol. The number of para-hydroxylation sites is 1. The smallest absolute Gasteiger partial charge is 0.251 e. The number of aryl methyl sites for hydroxylation is 2. The molecule has 3 aliphatic heterocycles. The van der Waals surface area contributed by atoms with Gasteiger partial charge in [-0.05, 0) is 42.5 Å². The van der Waals surface area contributed by atoms with Crippen LogP contribution in [0.4, 0.5) is 5.69 Å². The first-order valence-electron chi connectivity index (χ1n) is 16.4. The maximum atomic E-state index is 15.3. The fourth-order valence-corrected chi connectivity index (χ4v) is 11.8. The number of aliphatic hydroxyl groups excluding tert-OH is 1. The summed E-state index contributed by atoms with van der Waals surface area (Å²) >= 11 is 5.51. The van der Waals surface area contributed by atoms with Crippen LogP contribution in [0.1, 0.15) is 34.7 Å². The van der Waals surface area contributed by atoms with Gasteiger partial charge in [0, 0.05) is 35.4 Å². The number of alkyl halides is 1. The Kier molecular flexibility index (Phi) is 10.0. The first kappa shape index (κ1) is 34.2. The number of halogens is 1. The largest absolute Gasteiger partial charge is 0.394 e. The van der Waals surface area contributed by atoms with Crippen LogP contribution in [-0.2, 0) is 20.9 Å². The van der Waals surface area contributed by atoms with Gasteiger partial charge in [-0.2, -0.15) is 0 Å². The zero-order valence-corrected chi connectivity index (χ0v) is 29.8. The lowest BCUT2D eigenvalue weighted by Crippen LogP contribution is -2.57. The molecule has 3 aromatic carbocycles. The minimum atomic E-state index is -0.930. The summed E-state index contributed by atoms with van der Waals surface area (Å²) in [5.74, 6) is -2.01. The number of anilines is 1. The molecule has 1 N–H and O–H groups in total. The normalized spacial score (nSPS) is 26.2. The van der Waals surface area contributed by atoms with Crippen LogP contribution >= 0.6 is 27.7 Å². The van der Waals surface area contributed by atoms with Crippen LogP contribution in [0.15, 0.2) is 104 Å². The maximum absolute atomic E-state index is 15.3. The second-order valence-corrected chi connectivity index (χ2v) is 15.7. The number of thioether (sulfide) groups is 1. The molecule has 3 aromatic rings. The molecule has 0 aliphatic carbocycles. The molecule has 6 rings (SSSR count). The van der Waals surface area contributed by atoms with Gasteiger partial charge in [0.1, 0.15) is 6.04 Å². The van der Waals surface area contributed by atoms with E-state index >= 15 is 9.59 Å². The van der Waals surface area contributed by atoms with Crippen molar-refractivity contribution in [3.05, 3.63) is 126 Å². The number of aliphatic hydroxyl groups is 1. The van der Waals surface area contributed by atoms with Gasteiger partial charge in [-0.15, -0.1) is 24.9 Å². The number of carbonyl (C=O) groups excluding carboxylic acids is 3. The fraction of sp³-hybridized carbons (Fsp3) is 0.359. The third-order valence-corrected chi connectivity index (χ3v) is 13.3. The summed E-state index contributed by atoms with van der Waals surface area (Å²) in [5, 5.41) is 10.7. The van der Waals surface area contributed by atoms with Gasteiger partial charge in [0.25, 0.3) is 5.91 Å². The van der Waals surface area contributed by atoms with Crippen molar-refractivity contribution in [2.24, 2.45) is 11.8 Å². The summed E-state index contributed by atoms with van der Waals surface area (Å²) < 4.78 is -0.891. The third-order valence-electron chi connectivity index (χ3n) is 10.1. The van der Waals surface area contributed by atoms with E-state index in [-0.39, 0.29) is 41.0 Å². The Labute approximate surface area is 295 Å². The van der Waals surface area contributed by atoms with Gasteiger partial charge in [0.15, 0.2) is 0 Å². The van der Waals surface area contributed by atoms with Crippen LogP contribution in [0.3, 0.4) is 0 Å². The minimum Gasteiger partial charge on any atom is -0.394 e. The Morgan fingerprint density at radius 3 is 2.21 bits per heavy atom. The molecule has 3 heterocycles. The number of hydrogen-bond donors (Lipinski definition) is 1. The van der Waals surface area contributed by atoms with Crippen molar-refractivity contribution in [2.45, 2.75) is 53.7 Å². The molecule has 2 bridgehead atoms. The SMILES string of the molecule is C=CCN(Cc1ccccc1)C(=O)[C@H]1[C@@H]2SC3(CC2Br)C(C(=O)N(CC=C)c2c(C)cccc2C)N([C@H](CO)c2ccccc2)C(=O)[C@H]13. The van der Waals surface area contributed by atoms with Crippen molar-refractivity contribution in [3.8, 4) is 0 Å². The molecule has 48 heavy (non-hydrogen) atoms. The summed E-state index contributed by atoms with van der Waals surface area (Å²) in [5.41, 5.74) is 4.38. The lowest BCUT2D eigenvalue weighted by molar-refractivity contribution is -0.145. The van der Waals surface area contributed by atoms with Crippen molar-refractivity contribution >= 4 is 51.1 Å². The van der Waals surface area contributed by atoms with E-state index in [1.807, 2.05) is 92.7 Å². The fourth-order valence-electron chi connectivity index (χ4n) is 8.20. The highest BCUT2D eigenvalue weighted by atomic mass is 79.9. The number of amides is 3. The second-order valence-electron chi connectivity index (χ2n) is 13.0. The lowest BCUT2D eigenvalue weighted by Gasteiger charge is -2.40. The van der Waals surface area contributed by atoms with Gasteiger partial charge in [-0.3, -0.25) is 14.4 Å². The van der Waals surface area contributed by atoms with Crippen LogP contribution < -0.4 is 4.90 Å². The summed E-state index contributed by atoms with van der Waals surface area (Å²) in [7, 11) is 0. The predicted molar refractivity (Wildman–Crippen MR) is 196 cm³/mol. The van der Waals surface area contributed by atoms with E-state index in [1.54, 1.807) is 38.6 Å². The van der Waals surface area contributed by atoms with E-state index < -0.39 is 28.7 Å².